The van der Waals surface area contributed by atoms with Crippen molar-refractivity contribution < 1.29 is 4.42 Å². The molecule has 0 radical (unpaired) electrons. The molecule has 0 saturated carbocycles. The molecule has 0 amide bonds. The van der Waals surface area contributed by atoms with Crippen LogP contribution in [0.25, 0.3) is 66.4 Å². The van der Waals surface area contributed by atoms with Crippen molar-refractivity contribution in [3.63, 3.8) is 0 Å². The maximum Gasteiger partial charge on any atom is 0.134 e. The van der Waals surface area contributed by atoms with Crippen molar-refractivity contribution in [1.82, 2.24) is 4.57 Å². The van der Waals surface area contributed by atoms with Crippen LogP contribution in [0.2, 0.25) is 0 Å². The lowest BCUT2D eigenvalue weighted by Gasteiger charge is -2.34. The zero-order valence-electron chi connectivity index (χ0n) is 27.8. The Morgan fingerprint density at radius 2 is 1.26 bits per heavy atom. The van der Waals surface area contributed by atoms with E-state index in [1.54, 1.807) is 0 Å². The van der Waals surface area contributed by atoms with E-state index >= 15 is 0 Å². The van der Waals surface area contributed by atoms with Gasteiger partial charge in [-0.3, -0.25) is 0 Å². The first-order chi connectivity index (χ1) is 24.7. The van der Waals surface area contributed by atoms with Gasteiger partial charge >= 0.3 is 0 Å². The van der Waals surface area contributed by atoms with Crippen LogP contribution in [-0.4, -0.2) is 4.57 Å². The third-order valence-corrected chi connectivity index (χ3v) is 10.4. The van der Waals surface area contributed by atoms with Crippen molar-refractivity contribution in [2.75, 3.05) is 4.90 Å². The number of para-hydroxylation sites is 3. The van der Waals surface area contributed by atoms with Gasteiger partial charge in [0.05, 0.1) is 16.7 Å². The molecule has 7 aromatic carbocycles. The summed E-state index contributed by atoms with van der Waals surface area (Å²) in [7, 11) is 0. The van der Waals surface area contributed by atoms with Crippen molar-refractivity contribution in [1.29, 1.82) is 0 Å². The van der Waals surface area contributed by atoms with Crippen LogP contribution in [0, 0.1) is 5.92 Å². The van der Waals surface area contributed by atoms with Gasteiger partial charge in [0.25, 0.3) is 0 Å². The van der Waals surface area contributed by atoms with Gasteiger partial charge in [-0.2, -0.15) is 0 Å². The normalized spacial score (nSPS) is 14.3. The van der Waals surface area contributed by atoms with Gasteiger partial charge in [-0.25, -0.2) is 0 Å². The molecule has 9 aromatic rings. The van der Waals surface area contributed by atoms with E-state index in [1.807, 2.05) is 6.07 Å². The number of benzene rings is 7. The Labute approximate surface area is 290 Å². The summed E-state index contributed by atoms with van der Waals surface area (Å²) in [6.07, 6.45) is 3.22. The van der Waals surface area contributed by atoms with Crippen molar-refractivity contribution in [2.24, 2.45) is 5.92 Å². The number of fused-ring (bicyclic) bond motifs is 7. The van der Waals surface area contributed by atoms with Crippen molar-refractivity contribution in [3.8, 4) is 16.8 Å². The molecule has 1 unspecified atom stereocenters. The fourth-order valence-corrected chi connectivity index (χ4v) is 8.02. The van der Waals surface area contributed by atoms with E-state index in [1.165, 1.54) is 71.7 Å². The Morgan fingerprint density at radius 1 is 0.580 bits per heavy atom. The molecule has 0 N–H and O–H groups in total. The highest BCUT2D eigenvalue weighted by atomic mass is 16.3. The van der Waals surface area contributed by atoms with Gasteiger partial charge in [-0.15, -0.1) is 0 Å². The van der Waals surface area contributed by atoms with Gasteiger partial charge < -0.3 is 13.9 Å². The van der Waals surface area contributed by atoms with E-state index in [9.17, 15) is 0 Å². The topological polar surface area (TPSA) is 21.3 Å². The molecule has 1 atom stereocenters. The van der Waals surface area contributed by atoms with Gasteiger partial charge in [-0.05, 0) is 77.2 Å². The first kappa shape index (κ1) is 28.7. The summed E-state index contributed by atoms with van der Waals surface area (Å²) in [4.78, 5) is 2.47. The minimum Gasteiger partial charge on any atom is -0.460 e. The maximum atomic E-state index is 6.35. The molecule has 1 aliphatic rings. The average Bonchev–Trinajstić information content (AvgIpc) is 3.70. The lowest BCUT2D eigenvalue weighted by atomic mass is 9.90. The Hall–Kier alpha value is -6.32. The van der Waals surface area contributed by atoms with Gasteiger partial charge in [-0.1, -0.05) is 116 Å². The molecule has 0 spiro atoms. The van der Waals surface area contributed by atoms with E-state index in [0.717, 1.165) is 23.5 Å². The zero-order chi connectivity index (χ0) is 33.2. The Morgan fingerprint density at radius 3 is 2.12 bits per heavy atom. The minimum atomic E-state index is 0.256. The number of aromatic nitrogens is 1. The van der Waals surface area contributed by atoms with E-state index in [0.29, 0.717) is 0 Å². The van der Waals surface area contributed by atoms with Gasteiger partial charge in [0, 0.05) is 56.5 Å². The first-order valence-electron chi connectivity index (χ1n) is 17.4. The summed E-state index contributed by atoms with van der Waals surface area (Å²) in [5.41, 5.74) is 11.7. The van der Waals surface area contributed by atoms with Crippen LogP contribution in [0.3, 0.4) is 0 Å². The summed E-state index contributed by atoms with van der Waals surface area (Å²) in [6.45, 7) is 2.32. The second-order valence-corrected chi connectivity index (χ2v) is 13.4. The number of nitrogens with zero attached hydrogens (tertiary/aromatic N) is 2. The standard InChI is InChI=1S/C47H34N2O/c1-31-28-47-41(39-18-8-10-21-46(39)50-47)30-45(31)49(42-20-11-13-33-12-5-6-16-37(33)42)36-25-22-32(23-26-36)34-24-27-44-40(29-34)38-17-7-9-19-43(38)48(44)35-14-3-2-4-15-35/h2-27,29-31H,28H2,1H3. The Kier molecular flexibility index (Phi) is 6.53. The number of hydrogen-bond donors (Lipinski definition) is 0. The van der Waals surface area contributed by atoms with Crippen LogP contribution >= 0.6 is 0 Å². The molecular formula is C47H34N2O. The smallest absolute Gasteiger partial charge is 0.134 e. The SMILES string of the molecule is CC1Cc2oc3ccccc3c2C=C1N(c1ccc(-c2ccc3c(c2)c2ccccc2n3-c2ccccc2)cc1)c1cccc2ccccc12. The molecule has 10 rings (SSSR count). The Balaban J connectivity index is 1.11. The summed E-state index contributed by atoms with van der Waals surface area (Å²) in [6, 6.07) is 59.1. The lowest BCUT2D eigenvalue weighted by Crippen LogP contribution is -2.24. The monoisotopic (exact) mass is 642 g/mol. The number of allylic oxidation sites excluding steroid dienone is 1. The minimum absolute atomic E-state index is 0.256. The molecule has 0 fully saturated rings. The highest BCUT2D eigenvalue weighted by Gasteiger charge is 2.29. The van der Waals surface area contributed by atoms with Crippen molar-refractivity contribution >= 4 is 61.0 Å². The molecule has 0 saturated heterocycles. The van der Waals surface area contributed by atoms with Crippen LogP contribution in [0.5, 0.6) is 0 Å². The molecule has 50 heavy (non-hydrogen) atoms. The summed E-state index contributed by atoms with van der Waals surface area (Å²) in [5.74, 6) is 1.32. The van der Waals surface area contributed by atoms with Crippen molar-refractivity contribution in [3.05, 3.63) is 181 Å². The average molecular weight is 643 g/mol. The van der Waals surface area contributed by atoms with Gasteiger partial charge in [0.2, 0.25) is 0 Å². The maximum absolute atomic E-state index is 6.35. The molecule has 1 aliphatic carbocycles. The highest BCUT2D eigenvalue weighted by Crippen LogP contribution is 2.44. The highest BCUT2D eigenvalue weighted by molar-refractivity contribution is 6.10. The summed E-state index contributed by atoms with van der Waals surface area (Å²) >= 11 is 0. The zero-order valence-corrected chi connectivity index (χ0v) is 27.8. The second kappa shape index (κ2) is 11.4. The fourth-order valence-electron chi connectivity index (χ4n) is 8.02. The van der Waals surface area contributed by atoms with Crippen LogP contribution < -0.4 is 4.90 Å². The predicted molar refractivity (Wildman–Crippen MR) is 209 cm³/mol. The van der Waals surface area contributed by atoms with Crippen LogP contribution in [0.4, 0.5) is 11.4 Å². The summed E-state index contributed by atoms with van der Waals surface area (Å²) < 4.78 is 8.72. The predicted octanol–water partition coefficient (Wildman–Crippen LogP) is 12.7. The molecule has 0 bridgehead atoms. The molecule has 3 nitrogen and oxygen atoms in total. The number of furan rings is 1. The molecule has 0 aliphatic heterocycles. The molecule has 2 heterocycles. The van der Waals surface area contributed by atoms with Crippen LogP contribution in [0.15, 0.2) is 174 Å². The van der Waals surface area contributed by atoms with E-state index in [-0.39, 0.29) is 5.92 Å². The van der Waals surface area contributed by atoms with Crippen LogP contribution in [-0.2, 0) is 6.42 Å². The second-order valence-electron chi connectivity index (χ2n) is 13.4. The number of rotatable bonds is 5. The van der Waals surface area contributed by atoms with Crippen LogP contribution in [0.1, 0.15) is 18.2 Å². The molecule has 3 heteroatoms. The van der Waals surface area contributed by atoms with Gasteiger partial charge in [0.1, 0.15) is 11.3 Å². The van der Waals surface area contributed by atoms with E-state index in [4.69, 9.17) is 4.42 Å². The first-order valence-corrected chi connectivity index (χ1v) is 17.4. The number of hydrogen-bond acceptors (Lipinski definition) is 2. The van der Waals surface area contributed by atoms with Gasteiger partial charge in [0.15, 0.2) is 0 Å². The van der Waals surface area contributed by atoms with E-state index < -0.39 is 0 Å². The fraction of sp³-hybridized carbons (Fsp3) is 0.0638. The third-order valence-electron chi connectivity index (χ3n) is 10.4. The quantitative estimate of drug-likeness (QED) is 0.186. The molecule has 238 valence electrons. The third kappa shape index (κ3) is 4.51. The number of anilines is 2. The van der Waals surface area contributed by atoms with Crippen molar-refractivity contribution in [2.45, 2.75) is 13.3 Å². The van der Waals surface area contributed by atoms with E-state index in [2.05, 4.69) is 180 Å². The Bertz CT molecular complexity index is 2740. The molecular weight excluding hydrogens is 609 g/mol. The largest absolute Gasteiger partial charge is 0.460 e. The molecule has 2 aromatic heterocycles. The summed E-state index contributed by atoms with van der Waals surface area (Å²) in [5, 5.41) is 6.15. The lowest BCUT2D eigenvalue weighted by molar-refractivity contribution is 0.501.